The molecule has 0 unspecified atom stereocenters. The number of aliphatic carboxylic acids is 1. The van der Waals surface area contributed by atoms with Gasteiger partial charge >= 0.3 is 5.97 Å². The molecule has 0 fully saturated rings. The van der Waals surface area contributed by atoms with Crippen LogP contribution in [0, 0.1) is 30.6 Å². The third-order valence-corrected chi connectivity index (χ3v) is 4.62. The molecule has 0 atom stereocenters. The summed E-state index contributed by atoms with van der Waals surface area (Å²) in [6.45, 7) is 5.54. The van der Waals surface area contributed by atoms with E-state index in [-0.39, 0.29) is 17.2 Å². The number of anilines is 1. The predicted molar refractivity (Wildman–Crippen MR) is 117 cm³/mol. The molecule has 1 aliphatic heterocycles. The second kappa shape index (κ2) is 8.45. The first-order valence-electron chi connectivity index (χ1n) is 9.24. The first-order chi connectivity index (χ1) is 14.3. The minimum atomic E-state index is -1.17. The predicted octanol–water partition coefficient (Wildman–Crippen LogP) is 3.97. The molecule has 0 aliphatic carbocycles. The SMILES string of the molecule is CC(=N)/C(=C1/N=C(C(=O)O)C=C(Nc2ccc(C#N)cc2)N1)c1c(C)cccc1C. The summed E-state index contributed by atoms with van der Waals surface area (Å²) in [6, 6.07) is 14.7. The lowest BCUT2D eigenvalue weighted by Gasteiger charge is -2.22. The summed E-state index contributed by atoms with van der Waals surface area (Å²) in [5.41, 5.74) is 4.64. The van der Waals surface area contributed by atoms with E-state index in [4.69, 9.17) is 10.7 Å². The van der Waals surface area contributed by atoms with Gasteiger partial charge in [0.2, 0.25) is 0 Å². The Morgan fingerprint density at radius 2 is 1.80 bits per heavy atom. The third-order valence-electron chi connectivity index (χ3n) is 4.62. The van der Waals surface area contributed by atoms with Crippen LogP contribution in [0.25, 0.3) is 5.57 Å². The highest BCUT2D eigenvalue weighted by atomic mass is 16.4. The number of nitrogens with one attached hydrogen (secondary N) is 3. The number of rotatable bonds is 5. The fourth-order valence-electron chi connectivity index (χ4n) is 3.25. The van der Waals surface area contributed by atoms with Gasteiger partial charge < -0.3 is 21.1 Å². The van der Waals surface area contributed by atoms with E-state index >= 15 is 0 Å². The summed E-state index contributed by atoms with van der Waals surface area (Å²) in [6.07, 6.45) is 1.39. The molecule has 0 radical (unpaired) electrons. The van der Waals surface area contributed by atoms with E-state index in [2.05, 4.69) is 21.7 Å². The second-order valence-electron chi connectivity index (χ2n) is 6.91. The summed E-state index contributed by atoms with van der Waals surface area (Å²) in [4.78, 5) is 16.0. The molecule has 0 amide bonds. The Morgan fingerprint density at radius 1 is 1.17 bits per heavy atom. The molecular weight excluding hydrogens is 378 g/mol. The number of nitrogens with zero attached hydrogens (tertiary/aromatic N) is 2. The van der Waals surface area contributed by atoms with Crippen LogP contribution in [-0.2, 0) is 4.79 Å². The van der Waals surface area contributed by atoms with Crippen molar-refractivity contribution in [2.75, 3.05) is 5.32 Å². The van der Waals surface area contributed by atoms with Crippen LogP contribution < -0.4 is 10.6 Å². The van der Waals surface area contributed by atoms with Gasteiger partial charge in [0.05, 0.1) is 11.6 Å². The van der Waals surface area contributed by atoms with E-state index in [0.717, 1.165) is 16.7 Å². The molecule has 2 aromatic carbocycles. The van der Waals surface area contributed by atoms with Gasteiger partial charge in [0.15, 0.2) is 5.71 Å². The average molecular weight is 399 g/mol. The molecule has 0 saturated heterocycles. The molecular formula is C23H21N5O2. The molecule has 7 heteroatoms. The fraction of sp³-hybridized carbons (Fsp3) is 0.130. The van der Waals surface area contributed by atoms with Gasteiger partial charge in [0, 0.05) is 23.0 Å². The van der Waals surface area contributed by atoms with Crippen LogP contribution in [0.5, 0.6) is 0 Å². The fourth-order valence-corrected chi connectivity index (χ4v) is 3.25. The van der Waals surface area contributed by atoms with E-state index in [0.29, 0.717) is 22.6 Å². The molecule has 7 nitrogen and oxygen atoms in total. The Bertz CT molecular complexity index is 1140. The molecule has 0 aromatic heterocycles. The Hall–Kier alpha value is -4.18. The summed E-state index contributed by atoms with van der Waals surface area (Å²) in [5.74, 6) is -0.473. The van der Waals surface area contributed by atoms with Crippen molar-refractivity contribution >= 4 is 28.7 Å². The summed E-state index contributed by atoms with van der Waals surface area (Å²) < 4.78 is 0. The van der Waals surface area contributed by atoms with Gasteiger partial charge in [-0.15, -0.1) is 0 Å². The van der Waals surface area contributed by atoms with Gasteiger partial charge in [0.25, 0.3) is 0 Å². The quantitative estimate of drug-likeness (QED) is 0.567. The highest BCUT2D eigenvalue weighted by Crippen LogP contribution is 2.28. The maximum atomic E-state index is 11.7. The lowest BCUT2D eigenvalue weighted by atomic mass is 9.92. The van der Waals surface area contributed by atoms with Crippen molar-refractivity contribution in [3.63, 3.8) is 0 Å². The number of aliphatic imine (C=N–C) groups is 1. The molecule has 30 heavy (non-hydrogen) atoms. The maximum Gasteiger partial charge on any atom is 0.354 e. The molecule has 1 aliphatic rings. The zero-order valence-electron chi connectivity index (χ0n) is 16.9. The molecule has 0 spiro atoms. The van der Waals surface area contributed by atoms with Crippen molar-refractivity contribution in [3.05, 3.63) is 82.4 Å². The largest absolute Gasteiger partial charge is 0.477 e. The van der Waals surface area contributed by atoms with Crippen LogP contribution in [0.1, 0.15) is 29.2 Å². The van der Waals surface area contributed by atoms with E-state index in [1.807, 2.05) is 32.0 Å². The van der Waals surface area contributed by atoms with E-state index in [1.165, 1.54) is 6.08 Å². The summed E-state index contributed by atoms with van der Waals surface area (Å²) in [7, 11) is 0. The van der Waals surface area contributed by atoms with E-state index in [9.17, 15) is 9.90 Å². The van der Waals surface area contributed by atoms with Crippen molar-refractivity contribution in [3.8, 4) is 6.07 Å². The molecule has 0 bridgehead atoms. The first kappa shape index (κ1) is 20.6. The minimum absolute atomic E-state index is 0.148. The number of carboxylic acids is 1. The zero-order valence-corrected chi connectivity index (χ0v) is 16.9. The molecule has 2 aromatic rings. The smallest absolute Gasteiger partial charge is 0.354 e. The third kappa shape index (κ3) is 4.28. The van der Waals surface area contributed by atoms with E-state index < -0.39 is 5.97 Å². The number of nitriles is 1. The van der Waals surface area contributed by atoms with Gasteiger partial charge in [-0.2, -0.15) is 5.26 Å². The van der Waals surface area contributed by atoms with Gasteiger partial charge in [-0.05, 0) is 61.7 Å². The highest BCUT2D eigenvalue weighted by molar-refractivity contribution is 6.41. The lowest BCUT2D eigenvalue weighted by Crippen LogP contribution is -2.29. The van der Waals surface area contributed by atoms with Gasteiger partial charge in [-0.25, -0.2) is 9.79 Å². The monoisotopic (exact) mass is 399 g/mol. The molecule has 4 N–H and O–H groups in total. The number of carbonyl (C=O) groups is 1. The number of hydrogen-bond acceptors (Lipinski definition) is 6. The Labute approximate surface area is 174 Å². The molecule has 1 heterocycles. The van der Waals surface area contributed by atoms with Crippen molar-refractivity contribution in [1.29, 1.82) is 10.7 Å². The van der Waals surface area contributed by atoms with Crippen molar-refractivity contribution in [1.82, 2.24) is 5.32 Å². The van der Waals surface area contributed by atoms with Gasteiger partial charge in [-0.1, -0.05) is 18.2 Å². The summed E-state index contributed by atoms with van der Waals surface area (Å²) in [5, 5.41) is 33.1. The number of hydrogen-bond donors (Lipinski definition) is 4. The first-order valence-corrected chi connectivity index (χ1v) is 9.24. The van der Waals surface area contributed by atoms with Crippen molar-refractivity contribution in [2.45, 2.75) is 20.8 Å². The van der Waals surface area contributed by atoms with E-state index in [1.54, 1.807) is 31.2 Å². The van der Waals surface area contributed by atoms with Crippen LogP contribution in [0.4, 0.5) is 5.69 Å². The zero-order chi connectivity index (χ0) is 21.8. The van der Waals surface area contributed by atoms with Crippen LogP contribution >= 0.6 is 0 Å². The molecule has 3 rings (SSSR count). The molecule has 0 saturated carbocycles. The van der Waals surface area contributed by atoms with Crippen molar-refractivity contribution < 1.29 is 9.90 Å². The average Bonchev–Trinajstić information content (AvgIpc) is 2.70. The van der Waals surface area contributed by atoms with Gasteiger partial charge in [-0.3, -0.25) is 0 Å². The number of allylic oxidation sites excluding steroid dienone is 1. The van der Waals surface area contributed by atoms with Crippen molar-refractivity contribution in [2.24, 2.45) is 4.99 Å². The highest BCUT2D eigenvalue weighted by Gasteiger charge is 2.22. The van der Waals surface area contributed by atoms with Crippen LogP contribution in [0.15, 0.2) is 65.2 Å². The normalized spacial score (nSPS) is 14.6. The summed E-state index contributed by atoms with van der Waals surface area (Å²) >= 11 is 0. The Morgan fingerprint density at radius 3 is 2.33 bits per heavy atom. The maximum absolute atomic E-state index is 11.7. The Kier molecular flexibility index (Phi) is 5.79. The topological polar surface area (TPSA) is 121 Å². The second-order valence-corrected chi connectivity index (χ2v) is 6.91. The van der Waals surface area contributed by atoms with Crippen LogP contribution in [0.2, 0.25) is 0 Å². The number of carboxylic acid groups (broad SMARTS) is 1. The van der Waals surface area contributed by atoms with Gasteiger partial charge in [0.1, 0.15) is 11.6 Å². The molecule has 150 valence electrons. The van der Waals surface area contributed by atoms with Crippen LogP contribution in [-0.4, -0.2) is 22.5 Å². The Balaban J connectivity index is 2.10. The van der Waals surface area contributed by atoms with Crippen LogP contribution in [0.3, 0.4) is 0 Å². The standard InChI is InChI=1S/C23H21N5O2/c1-13-5-4-6-14(2)20(13)21(15(3)25)22-27-18(23(29)30)11-19(28-22)26-17-9-7-16(12-24)8-10-17/h4-11,25-26,28H,1-3H3,(H,29,30)/b22-21+,25-15?. The lowest BCUT2D eigenvalue weighted by molar-refractivity contribution is -0.129. The minimum Gasteiger partial charge on any atom is -0.477 e. The number of benzene rings is 2. The number of aryl methyl sites for hydroxylation is 2.